The molecule has 0 heterocycles. The summed E-state index contributed by atoms with van der Waals surface area (Å²) in [6.07, 6.45) is 0.802. The summed E-state index contributed by atoms with van der Waals surface area (Å²) in [6, 6.07) is 0. The molecule has 2 atom stereocenters. The maximum Gasteiger partial charge on any atom is 0.279 e. The summed E-state index contributed by atoms with van der Waals surface area (Å²) in [5.74, 6) is -3.62. The summed E-state index contributed by atoms with van der Waals surface area (Å²) in [4.78, 5) is 0. The van der Waals surface area contributed by atoms with Crippen LogP contribution in [0.2, 0.25) is 0 Å². The number of allylic oxidation sites excluding steroid dienone is 2. The van der Waals surface area contributed by atoms with E-state index in [0.29, 0.717) is 0 Å². The van der Waals surface area contributed by atoms with Crippen molar-refractivity contribution in [1.82, 2.24) is 0 Å². The Bertz CT molecular complexity index is 151. The Balaban J connectivity index is 2.47. The van der Waals surface area contributed by atoms with Crippen LogP contribution in [-0.4, -0.2) is 12.1 Å². The van der Waals surface area contributed by atoms with Crippen LogP contribution in [-0.2, 0) is 0 Å². The Hall–Kier alpha value is -0.470. The molecule has 0 aromatic carbocycles. The van der Waals surface area contributed by atoms with Crippen molar-refractivity contribution < 1.29 is 13.2 Å². The molecular weight excluding hydrogens is 141 g/mol. The van der Waals surface area contributed by atoms with Gasteiger partial charge in [0.25, 0.3) is 5.92 Å². The van der Waals surface area contributed by atoms with Gasteiger partial charge in [-0.25, -0.2) is 13.2 Å². The highest BCUT2D eigenvalue weighted by molar-refractivity contribution is 5.05. The molecular formula is C7H9F3. The largest absolute Gasteiger partial charge is 0.279 e. The van der Waals surface area contributed by atoms with Gasteiger partial charge in [0, 0.05) is 12.3 Å². The van der Waals surface area contributed by atoms with Crippen molar-refractivity contribution >= 4 is 0 Å². The number of rotatable bonds is 1. The fourth-order valence-corrected chi connectivity index (χ4v) is 1.10. The lowest BCUT2D eigenvalue weighted by molar-refractivity contribution is -0.168. The minimum Gasteiger partial charge on any atom is -0.240 e. The van der Waals surface area contributed by atoms with Gasteiger partial charge in [0.2, 0.25) is 0 Å². The van der Waals surface area contributed by atoms with Crippen LogP contribution in [0.3, 0.4) is 0 Å². The van der Waals surface area contributed by atoms with E-state index < -0.39 is 18.0 Å². The highest BCUT2D eigenvalue weighted by Crippen LogP contribution is 2.45. The van der Waals surface area contributed by atoms with Crippen LogP contribution in [0.15, 0.2) is 12.2 Å². The topological polar surface area (TPSA) is 0 Å². The van der Waals surface area contributed by atoms with Crippen molar-refractivity contribution in [3.8, 4) is 0 Å². The first-order chi connectivity index (χ1) is 4.58. The van der Waals surface area contributed by atoms with Crippen LogP contribution in [0, 0.1) is 5.92 Å². The van der Waals surface area contributed by atoms with E-state index in [1.807, 2.05) is 0 Å². The average Bonchev–Trinajstić information content (AvgIpc) is 1.87. The Morgan fingerprint density at radius 1 is 1.50 bits per heavy atom. The summed E-state index contributed by atoms with van der Waals surface area (Å²) in [5, 5.41) is 0. The molecule has 0 amide bonds. The molecule has 0 spiro atoms. The summed E-state index contributed by atoms with van der Waals surface area (Å²) in [5.41, 5.74) is 0. The first kappa shape index (κ1) is 7.63. The molecule has 1 rings (SSSR count). The fraction of sp³-hybridized carbons (Fsp3) is 0.714. The Morgan fingerprint density at radius 3 is 2.40 bits per heavy atom. The molecule has 1 aliphatic carbocycles. The van der Waals surface area contributed by atoms with Crippen LogP contribution in [0.5, 0.6) is 0 Å². The highest BCUT2D eigenvalue weighted by atomic mass is 19.3. The lowest BCUT2D eigenvalue weighted by Crippen LogP contribution is -2.48. The third-order valence-corrected chi connectivity index (χ3v) is 1.73. The molecule has 0 aromatic rings. The van der Waals surface area contributed by atoms with Crippen LogP contribution in [0.1, 0.15) is 13.3 Å². The normalized spacial score (nSPS) is 38.0. The molecule has 0 bridgehead atoms. The second-order valence-electron chi connectivity index (χ2n) is 2.56. The molecule has 0 radical (unpaired) electrons. The van der Waals surface area contributed by atoms with Gasteiger partial charge < -0.3 is 0 Å². The third kappa shape index (κ3) is 1.04. The monoisotopic (exact) mass is 150 g/mol. The SMILES string of the molecule is C/C=C\C1CC(F)(F)C1F. The van der Waals surface area contributed by atoms with E-state index in [9.17, 15) is 13.2 Å². The molecule has 1 saturated carbocycles. The molecule has 3 heteroatoms. The van der Waals surface area contributed by atoms with Gasteiger partial charge >= 0.3 is 0 Å². The van der Waals surface area contributed by atoms with E-state index in [4.69, 9.17) is 0 Å². The molecule has 10 heavy (non-hydrogen) atoms. The second-order valence-corrected chi connectivity index (χ2v) is 2.56. The predicted octanol–water partition coefficient (Wildman–Crippen LogP) is 2.56. The van der Waals surface area contributed by atoms with Crippen molar-refractivity contribution in [2.24, 2.45) is 5.92 Å². The van der Waals surface area contributed by atoms with Crippen LogP contribution in [0.25, 0.3) is 0 Å². The van der Waals surface area contributed by atoms with E-state index >= 15 is 0 Å². The molecule has 0 aliphatic heterocycles. The van der Waals surface area contributed by atoms with Gasteiger partial charge in [-0.15, -0.1) is 0 Å². The van der Waals surface area contributed by atoms with E-state index in [2.05, 4.69) is 0 Å². The van der Waals surface area contributed by atoms with E-state index in [-0.39, 0.29) is 6.42 Å². The number of hydrogen-bond acceptors (Lipinski definition) is 0. The Morgan fingerprint density at radius 2 is 2.10 bits per heavy atom. The number of alkyl halides is 3. The molecule has 58 valence electrons. The van der Waals surface area contributed by atoms with E-state index in [0.717, 1.165) is 0 Å². The quantitative estimate of drug-likeness (QED) is 0.504. The van der Waals surface area contributed by atoms with Gasteiger partial charge in [0.15, 0.2) is 6.17 Å². The molecule has 0 saturated heterocycles. The van der Waals surface area contributed by atoms with Gasteiger partial charge in [-0.3, -0.25) is 0 Å². The average molecular weight is 150 g/mol. The number of halogens is 3. The molecule has 1 fully saturated rings. The van der Waals surface area contributed by atoms with Gasteiger partial charge in [0.05, 0.1) is 0 Å². The Kier molecular flexibility index (Phi) is 1.75. The zero-order chi connectivity index (χ0) is 7.78. The molecule has 2 unspecified atom stereocenters. The van der Waals surface area contributed by atoms with Crippen LogP contribution >= 0.6 is 0 Å². The first-order valence-corrected chi connectivity index (χ1v) is 3.22. The van der Waals surface area contributed by atoms with Crippen molar-refractivity contribution in [2.45, 2.75) is 25.4 Å². The van der Waals surface area contributed by atoms with E-state index in [1.165, 1.54) is 6.08 Å². The van der Waals surface area contributed by atoms with Crippen LogP contribution in [0.4, 0.5) is 13.2 Å². The molecule has 1 aliphatic rings. The van der Waals surface area contributed by atoms with Crippen molar-refractivity contribution in [3.05, 3.63) is 12.2 Å². The first-order valence-electron chi connectivity index (χ1n) is 3.22. The zero-order valence-corrected chi connectivity index (χ0v) is 5.65. The lowest BCUT2D eigenvalue weighted by Gasteiger charge is -2.37. The summed E-state index contributed by atoms with van der Waals surface area (Å²) in [6.45, 7) is 1.70. The van der Waals surface area contributed by atoms with Gasteiger partial charge in [0.1, 0.15) is 0 Å². The molecule has 0 aromatic heterocycles. The maximum atomic E-state index is 12.3. The summed E-state index contributed by atoms with van der Waals surface area (Å²) >= 11 is 0. The lowest BCUT2D eigenvalue weighted by atomic mass is 9.79. The maximum absolute atomic E-state index is 12.3. The minimum absolute atomic E-state index is 0.335. The predicted molar refractivity (Wildman–Crippen MR) is 32.8 cm³/mol. The van der Waals surface area contributed by atoms with Crippen molar-refractivity contribution in [2.75, 3.05) is 0 Å². The fourth-order valence-electron chi connectivity index (χ4n) is 1.10. The van der Waals surface area contributed by atoms with Gasteiger partial charge in [-0.2, -0.15) is 0 Å². The smallest absolute Gasteiger partial charge is 0.240 e. The molecule has 0 nitrogen and oxygen atoms in total. The standard InChI is InChI=1S/C7H9F3/c1-2-3-5-4-7(9,10)6(5)8/h2-3,5-6H,4H2,1H3/b3-2-. The number of hydrogen-bond donors (Lipinski definition) is 0. The highest BCUT2D eigenvalue weighted by Gasteiger charge is 2.55. The second kappa shape index (κ2) is 2.29. The van der Waals surface area contributed by atoms with Gasteiger partial charge in [-0.1, -0.05) is 12.2 Å². The molecule has 0 N–H and O–H groups in total. The van der Waals surface area contributed by atoms with Crippen molar-refractivity contribution in [3.63, 3.8) is 0 Å². The summed E-state index contributed by atoms with van der Waals surface area (Å²) in [7, 11) is 0. The van der Waals surface area contributed by atoms with Crippen LogP contribution < -0.4 is 0 Å². The Labute approximate surface area is 57.7 Å². The minimum atomic E-state index is -3.07. The van der Waals surface area contributed by atoms with Gasteiger partial charge in [-0.05, 0) is 6.92 Å². The third-order valence-electron chi connectivity index (χ3n) is 1.73. The van der Waals surface area contributed by atoms with E-state index in [1.54, 1.807) is 13.0 Å². The van der Waals surface area contributed by atoms with Crippen molar-refractivity contribution in [1.29, 1.82) is 0 Å². The summed E-state index contributed by atoms with van der Waals surface area (Å²) < 4.78 is 36.5. The zero-order valence-electron chi connectivity index (χ0n) is 5.65.